The van der Waals surface area contributed by atoms with Gasteiger partial charge in [0.15, 0.2) is 0 Å². The molecular weight excluding hydrogens is 1030 g/mol. The Kier molecular flexibility index (Phi) is 18.3. The molecule has 5 atom stereocenters. The van der Waals surface area contributed by atoms with E-state index in [1.165, 1.54) is 14.2 Å². The van der Waals surface area contributed by atoms with Crippen LogP contribution in [-0.2, 0) is 19.1 Å². The van der Waals surface area contributed by atoms with Crippen LogP contribution in [0.4, 0.5) is 14.0 Å². The van der Waals surface area contributed by atoms with Crippen LogP contribution in [0, 0.1) is 24.6 Å². The van der Waals surface area contributed by atoms with E-state index in [2.05, 4.69) is 40.3 Å². The third kappa shape index (κ3) is 10.9. The van der Waals surface area contributed by atoms with E-state index in [1.54, 1.807) is 23.6 Å². The van der Waals surface area contributed by atoms with Crippen molar-refractivity contribution in [1.29, 1.82) is 0 Å². The predicted octanol–water partition coefficient (Wildman–Crippen LogP) is 9.59. The predicted molar refractivity (Wildman–Crippen MR) is 304 cm³/mol. The number of aromatic nitrogens is 2. The van der Waals surface area contributed by atoms with Crippen molar-refractivity contribution in [3.63, 3.8) is 0 Å². The molecule has 3 fully saturated rings. The molecule has 2 N–H and O–H groups in total. The molecule has 2 saturated heterocycles. The number of carbonyl (C=O) groups excluding carboxylic acids is 4. The molecule has 394 valence electrons. The number of ether oxygens (including phenoxy) is 3. The van der Waals surface area contributed by atoms with Gasteiger partial charge in [0.1, 0.15) is 29.3 Å². The number of alkyl carbamates (subject to hydrolysis) is 2. The van der Waals surface area contributed by atoms with Crippen LogP contribution in [0.25, 0.3) is 33.3 Å². The number of amides is 4. The number of rotatable bonds is 12. The van der Waals surface area contributed by atoms with Crippen molar-refractivity contribution >= 4 is 123 Å². The molecule has 0 spiro atoms. The lowest BCUT2D eigenvalue weighted by molar-refractivity contribution is -0.134. The summed E-state index contributed by atoms with van der Waals surface area (Å²) in [5.74, 6) is -0.151. The summed E-state index contributed by atoms with van der Waals surface area (Å²) >= 11 is 1.70. The number of carbonyl (C=O) groups is 4. The van der Waals surface area contributed by atoms with Gasteiger partial charge in [-0.1, -0.05) is 33.8 Å². The highest BCUT2D eigenvalue weighted by molar-refractivity contribution is 7.59. The molecule has 2 aromatic carbocycles. The highest BCUT2D eigenvalue weighted by atomic mass is 32.1. The summed E-state index contributed by atoms with van der Waals surface area (Å²) in [5, 5.41) is 7.46. The average molecular weight is 1100 g/mol. The number of nitrogens with one attached hydrogen (secondary N) is 2. The Morgan fingerprint density at radius 2 is 1.30 bits per heavy atom. The molecule has 6 aliphatic rings. The molecule has 4 aromatic rings. The number of allylic oxidation sites excluding steroid dienone is 2. The van der Waals surface area contributed by atoms with Gasteiger partial charge in [-0.2, -0.15) is 54.0 Å². The van der Waals surface area contributed by atoms with Gasteiger partial charge in [0.25, 0.3) is 0 Å². The quantitative estimate of drug-likeness (QED) is 0.141. The van der Waals surface area contributed by atoms with Crippen molar-refractivity contribution < 1.29 is 37.8 Å². The molecule has 1 saturated carbocycles. The summed E-state index contributed by atoms with van der Waals surface area (Å²) in [6.45, 7) is 10.8. The van der Waals surface area contributed by atoms with Gasteiger partial charge in [-0.25, -0.2) is 19.0 Å². The van der Waals surface area contributed by atoms with Crippen molar-refractivity contribution in [2.45, 2.75) is 122 Å². The van der Waals surface area contributed by atoms with Gasteiger partial charge in [-0.3, -0.25) is 24.1 Å². The number of aryl methyl sites for hydroxylation is 1. The van der Waals surface area contributed by atoms with Gasteiger partial charge in [-0.15, -0.1) is 11.3 Å². The summed E-state index contributed by atoms with van der Waals surface area (Å²) in [5.41, 5.74) is 7.96. The summed E-state index contributed by atoms with van der Waals surface area (Å²) < 4.78 is 35.7. The minimum atomic E-state index is -0.743. The molecule has 10 rings (SSSR count). The zero-order chi connectivity index (χ0) is 48.4. The second kappa shape index (κ2) is 23.3. The number of halogens is 1. The molecule has 1 unspecified atom stereocenters. The number of aliphatic imine (C=N–C) groups is 2. The Labute approximate surface area is 457 Å². The number of thiazole rings is 1. The minimum Gasteiger partial charge on any atom is -0.463 e. The van der Waals surface area contributed by atoms with Crippen LogP contribution in [0.5, 0.6) is 5.75 Å². The van der Waals surface area contributed by atoms with Crippen LogP contribution < -0.4 is 15.4 Å². The normalized spacial score (nSPS) is 20.4. The van der Waals surface area contributed by atoms with Gasteiger partial charge in [-0.05, 0) is 110 Å². The van der Waals surface area contributed by atoms with Crippen LogP contribution in [0.2, 0.25) is 0 Å². The molecule has 7 heterocycles. The van der Waals surface area contributed by atoms with E-state index in [0.29, 0.717) is 54.4 Å². The van der Waals surface area contributed by atoms with Crippen molar-refractivity contribution in [2.24, 2.45) is 21.8 Å². The van der Waals surface area contributed by atoms with E-state index in [-0.39, 0.29) is 89.7 Å². The lowest BCUT2D eigenvalue weighted by atomic mass is 9.95. The summed E-state index contributed by atoms with van der Waals surface area (Å²) in [7, 11) is 2.57. The maximum atomic E-state index is 17.0. The number of methoxy groups -OCH3 is 2. The molecular formula is C52H67FN8O7S5. The van der Waals surface area contributed by atoms with Gasteiger partial charge in [0, 0.05) is 65.9 Å². The van der Waals surface area contributed by atoms with E-state index in [9.17, 15) is 19.2 Å². The molecule has 15 nitrogen and oxygen atoms in total. The smallest absolute Gasteiger partial charge is 0.407 e. The maximum absolute atomic E-state index is 17.0. The van der Waals surface area contributed by atoms with Crippen LogP contribution in [-0.4, -0.2) is 106 Å². The Balaban J connectivity index is 0.00000217. The monoisotopic (exact) mass is 1090 g/mol. The first-order valence-electron chi connectivity index (χ1n) is 24.2. The third-order valence-electron chi connectivity index (χ3n) is 14.5. The molecule has 1 aliphatic carbocycles. The van der Waals surface area contributed by atoms with E-state index in [4.69, 9.17) is 29.2 Å². The zero-order valence-electron chi connectivity index (χ0n) is 42.1. The summed E-state index contributed by atoms with van der Waals surface area (Å²) in [6.07, 6.45) is 8.13. The van der Waals surface area contributed by atoms with Crippen LogP contribution in [0.3, 0.4) is 0 Å². The van der Waals surface area contributed by atoms with Crippen LogP contribution in [0.1, 0.15) is 118 Å². The van der Waals surface area contributed by atoms with Gasteiger partial charge >= 0.3 is 12.2 Å². The number of nitrogens with zero attached hydrogens (tertiary/aromatic N) is 6. The minimum absolute atomic E-state index is 0. The van der Waals surface area contributed by atoms with Gasteiger partial charge in [0.2, 0.25) is 18.0 Å². The number of fused-ring (bicyclic) bond motifs is 5. The first-order valence-corrected chi connectivity index (χ1v) is 25.0. The fourth-order valence-electron chi connectivity index (χ4n) is 10.7. The van der Waals surface area contributed by atoms with E-state index >= 15 is 4.39 Å². The topological polar surface area (TPSA) is 169 Å². The van der Waals surface area contributed by atoms with E-state index in [1.807, 2.05) is 55.8 Å². The highest BCUT2D eigenvalue weighted by Crippen LogP contribution is 2.50. The van der Waals surface area contributed by atoms with Crippen molar-refractivity contribution in [3.05, 3.63) is 81.3 Å². The molecule has 0 radical (unpaired) electrons. The van der Waals surface area contributed by atoms with Crippen molar-refractivity contribution in [3.8, 4) is 17.0 Å². The third-order valence-corrected chi connectivity index (χ3v) is 15.7. The van der Waals surface area contributed by atoms with Gasteiger partial charge < -0.3 is 34.6 Å². The lowest BCUT2D eigenvalue weighted by Crippen LogP contribution is -2.53. The average Bonchev–Trinajstić information content (AvgIpc) is 4.02. The largest absolute Gasteiger partial charge is 0.463 e. The summed E-state index contributed by atoms with van der Waals surface area (Å²) in [6, 6.07) is 9.88. The van der Waals surface area contributed by atoms with Crippen LogP contribution >= 0.6 is 65.3 Å². The molecule has 2 aromatic heterocycles. The number of hydrogen-bond donors (Lipinski definition) is 2. The zero-order valence-corrected chi connectivity index (χ0v) is 47.0. The second-order valence-electron chi connectivity index (χ2n) is 19.7. The molecule has 21 heteroatoms. The highest BCUT2D eigenvalue weighted by Gasteiger charge is 2.42. The second-order valence-corrected chi connectivity index (χ2v) is 21.0. The number of benzene rings is 2. The van der Waals surface area contributed by atoms with Crippen molar-refractivity contribution in [2.75, 3.05) is 27.3 Å². The fraction of sp³-hybridized carbons (Fsp3) is 0.481. The fourth-order valence-corrected chi connectivity index (χ4v) is 11.8. The Hall–Kier alpha value is -4.96. The number of likely N-dealkylation sites (tertiary alicyclic amines) is 2. The van der Waals surface area contributed by atoms with E-state index < -0.39 is 36.3 Å². The Morgan fingerprint density at radius 1 is 0.753 bits per heavy atom. The first kappa shape index (κ1) is 57.3. The Morgan fingerprint density at radius 3 is 1.82 bits per heavy atom. The maximum Gasteiger partial charge on any atom is 0.407 e. The van der Waals surface area contributed by atoms with Crippen LogP contribution in [0.15, 0.2) is 58.8 Å². The lowest BCUT2D eigenvalue weighted by Gasteiger charge is -2.31. The molecule has 73 heavy (non-hydrogen) atoms. The first-order chi connectivity index (χ1) is 33.2. The standard InChI is InChI=1S/C52H59FN8O7S.4H2S/c1-26(2)44(57-51(64)66-6)48(62)59-16-8-10-39(59)36-20-33(24-54-36)30-14-15-38-32(18-30)22-41-43-35(53)19-31(23-42(43)68-50(61(38)41)46-28(5)69-47(56-46)29-12-13-29)34-21-37(55-25-34)40-11-9-17-60(40)49(63)45(27(3)4)58-52(65)67-7;;;;/h14-15,18-19,22-27,29,39-40,44-45,50H,8-13,16-17,20-21H2,1-7H3,(H,57,64)(H,58,65);4*1H2/t39-,40-,44-,45-,50?;;;;/m0..../s1. The number of hydrogen-bond acceptors (Lipinski definition) is 11. The molecule has 4 amide bonds. The molecule has 5 aliphatic heterocycles. The van der Waals surface area contributed by atoms with Gasteiger partial charge in [0.05, 0.1) is 48.1 Å². The SMILES string of the molecule is COC(=O)N[C@H](C(=O)N1CCC[C@H]1C1=NC=C(c2cc(F)c3c(c2)OC(c2nc(C4CC4)sc2C)n2c-3cc3cc(C4=CN=C([C@@H]5CCCN5C(=O)[C@@H](NC(=O)OC)C(C)C)C4)ccc32)C1)C(C)C.S.S.S.S. The van der Waals surface area contributed by atoms with E-state index in [0.717, 1.165) is 93.1 Å². The van der Waals surface area contributed by atoms with Crippen molar-refractivity contribution in [1.82, 2.24) is 30.0 Å². The molecule has 0 bridgehead atoms. The summed E-state index contributed by atoms with van der Waals surface area (Å²) in [4.78, 5) is 71.6. The Bertz CT molecular complexity index is 2910.